The molecule has 2 rings (SSSR count). The van der Waals surface area contributed by atoms with Crippen LogP contribution in [-0.4, -0.2) is 127 Å². The van der Waals surface area contributed by atoms with Crippen LogP contribution in [0.15, 0.2) is 0 Å². The minimum Gasteiger partial charge on any atom is -0.457 e. The summed E-state index contributed by atoms with van der Waals surface area (Å²) in [6, 6.07) is -1.24. The predicted molar refractivity (Wildman–Crippen MR) is 157 cm³/mol. The van der Waals surface area contributed by atoms with Crippen molar-refractivity contribution in [2.24, 2.45) is 0 Å². The van der Waals surface area contributed by atoms with Gasteiger partial charge in [0.15, 0.2) is 6.10 Å². The number of aliphatic hydroxyl groups excluding tert-OH is 1. The lowest BCUT2D eigenvalue weighted by Crippen LogP contribution is -2.42. The van der Waals surface area contributed by atoms with Gasteiger partial charge in [0, 0.05) is 39.7 Å². The zero-order valence-electron chi connectivity index (χ0n) is 25.6. The van der Waals surface area contributed by atoms with E-state index in [0.29, 0.717) is 13.0 Å². The fourth-order valence-electron chi connectivity index (χ4n) is 3.98. The van der Waals surface area contributed by atoms with Crippen LogP contribution in [-0.2, 0) is 42.7 Å². The maximum absolute atomic E-state index is 12.0. The smallest absolute Gasteiger partial charge is 0.306 e. The van der Waals surface area contributed by atoms with Crippen molar-refractivity contribution in [1.82, 2.24) is 5.32 Å². The number of carbonyl (C=O) groups is 2. The highest BCUT2D eigenvalue weighted by Gasteiger charge is 2.45. The highest BCUT2D eigenvalue weighted by molar-refractivity contribution is 6.12. The SMILES string of the molecule is C.[B][C@@H]1O[C@H](CC)C(O)[C@@H]1OCC(C)(C)OC.[B][C@@H]1O[C@H](CC)C(OC(=O)CCC(=O)NC)[C@@H]1OCC(C)(C)OC. The molecule has 0 aromatic carbocycles. The highest BCUT2D eigenvalue weighted by atomic mass is 16.6. The molecule has 1 amide bonds. The van der Waals surface area contributed by atoms with Crippen molar-refractivity contribution >= 4 is 27.6 Å². The molecule has 0 aromatic rings. The molecular formula is C28H53B2NO10. The minimum atomic E-state index is -0.681. The molecule has 0 aromatic heterocycles. The van der Waals surface area contributed by atoms with E-state index in [1.807, 2.05) is 41.5 Å². The van der Waals surface area contributed by atoms with Gasteiger partial charge >= 0.3 is 5.97 Å². The Hall–Kier alpha value is -1.21. The summed E-state index contributed by atoms with van der Waals surface area (Å²) in [4.78, 5) is 23.2. The van der Waals surface area contributed by atoms with E-state index in [-0.39, 0.29) is 50.6 Å². The zero-order chi connectivity index (χ0) is 30.7. The number of nitrogens with one attached hydrogen (secondary N) is 1. The third kappa shape index (κ3) is 12.9. The maximum Gasteiger partial charge on any atom is 0.306 e. The normalized spacial score (nSPS) is 29.7. The summed E-state index contributed by atoms with van der Waals surface area (Å²) in [6.07, 6.45) is -1.44. The fraction of sp³-hybridized carbons (Fsp3) is 0.929. The number of aliphatic hydroxyl groups is 1. The van der Waals surface area contributed by atoms with E-state index in [1.165, 1.54) is 7.05 Å². The van der Waals surface area contributed by atoms with Crippen molar-refractivity contribution in [1.29, 1.82) is 0 Å². The summed E-state index contributed by atoms with van der Waals surface area (Å²) in [7, 11) is 16.5. The largest absolute Gasteiger partial charge is 0.457 e. The number of rotatable bonds is 14. The van der Waals surface area contributed by atoms with Crippen LogP contribution in [0.5, 0.6) is 0 Å². The van der Waals surface area contributed by atoms with Crippen LogP contribution in [0.3, 0.4) is 0 Å². The van der Waals surface area contributed by atoms with Gasteiger partial charge in [-0.2, -0.15) is 0 Å². The number of amides is 1. The van der Waals surface area contributed by atoms with E-state index in [0.717, 1.165) is 6.42 Å². The number of hydrogen-bond donors (Lipinski definition) is 2. The zero-order valence-corrected chi connectivity index (χ0v) is 25.6. The topological polar surface area (TPSA) is 131 Å². The Balaban J connectivity index is 0.000000821. The van der Waals surface area contributed by atoms with Crippen molar-refractivity contribution in [3.63, 3.8) is 0 Å². The first-order chi connectivity index (χ1) is 18.6. The molecule has 0 saturated carbocycles. The molecule has 0 spiro atoms. The lowest BCUT2D eigenvalue weighted by atomic mass is 9.92. The Morgan fingerprint density at radius 2 is 1.29 bits per heavy atom. The Bertz CT molecular complexity index is 772. The second-order valence-electron chi connectivity index (χ2n) is 11.2. The Morgan fingerprint density at radius 1 is 0.829 bits per heavy atom. The number of carbonyl (C=O) groups excluding carboxylic acids is 2. The van der Waals surface area contributed by atoms with Gasteiger partial charge in [-0.3, -0.25) is 9.59 Å². The Morgan fingerprint density at radius 3 is 1.73 bits per heavy atom. The predicted octanol–water partition coefficient (Wildman–Crippen LogP) is 1.64. The van der Waals surface area contributed by atoms with Gasteiger partial charge in [-0.05, 0) is 40.5 Å². The van der Waals surface area contributed by atoms with Crippen molar-refractivity contribution in [2.45, 2.75) is 134 Å². The average Bonchev–Trinajstić information content (AvgIpc) is 3.38. The van der Waals surface area contributed by atoms with E-state index >= 15 is 0 Å². The van der Waals surface area contributed by atoms with Crippen molar-refractivity contribution in [3.8, 4) is 0 Å². The molecule has 0 aliphatic carbocycles. The molecule has 11 nitrogen and oxygen atoms in total. The summed E-state index contributed by atoms with van der Waals surface area (Å²) < 4.78 is 38.5. The van der Waals surface area contributed by atoms with E-state index in [9.17, 15) is 14.7 Å². The van der Waals surface area contributed by atoms with E-state index in [4.69, 9.17) is 48.9 Å². The summed E-state index contributed by atoms with van der Waals surface area (Å²) in [6.45, 7) is 12.1. The van der Waals surface area contributed by atoms with Gasteiger partial charge in [0.1, 0.15) is 34.0 Å². The molecule has 2 fully saturated rings. The molecule has 2 N–H and O–H groups in total. The highest BCUT2D eigenvalue weighted by Crippen LogP contribution is 2.29. The van der Waals surface area contributed by atoms with E-state index in [1.54, 1.807) is 14.2 Å². The van der Waals surface area contributed by atoms with Gasteiger partial charge in [0.05, 0.1) is 43.0 Å². The van der Waals surface area contributed by atoms with Crippen LogP contribution in [0.4, 0.5) is 0 Å². The first-order valence-corrected chi connectivity index (χ1v) is 13.9. The van der Waals surface area contributed by atoms with Crippen LogP contribution in [0.1, 0.15) is 74.7 Å². The lowest BCUT2D eigenvalue weighted by Gasteiger charge is -2.28. The molecule has 2 unspecified atom stereocenters. The molecule has 2 saturated heterocycles. The fourth-order valence-corrected chi connectivity index (χ4v) is 3.98. The molecule has 8 atom stereocenters. The monoisotopic (exact) mass is 585 g/mol. The number of methoxy groups -OCH3 is 2. The van der Waals surface area contributed by atoms with Gasteiger partial charge in [-0.1, -0.05) is 21.3 Å². The van der Waals surface area contributed by atoms with Crippen molar-refractivity contribution in [3.05, 3.63) is 0 Å². The molecular weight excluding hydrogens is 532 g/mol. The lowest BCUT2D eigenvalue weighted by molar-refractivity contribution is -0.161. The van der Waals surface area contributed by atoms with Crippen LogP contribution in [0.25, 0.3) is 0 Å². The molecule has 0 bridgehead atoms. The maximum atomic E-state index is 12.0. The van der Waals surface area contributed by atoms with Gasteiger partial charge in [-0.25, -0.2) is 0 Å². The van der Waals surface area contributed by atoms with Gasteiger partial charge in [-0.15, -0.1) is 0 Å². The summed E-state index contributed by atoms with van der Waals surface area (Å²) in [5.41, 5.74) is -0.873. The molecule has 236 valence electrons. The number of hydrogen-bond acceptors (Lipinski definition) is 10. The molecule has 13 heteroatoms. The standard InChI is InChI=1S/C16H28BNO6.C11H21BO4.CH4/c1-6-10-13(24-12(20)8-7-11(19)18-4)14(15(17)23-10)22-9-16(2,3)21-5;1-5-7-8(13)9(10(12)16-7)15-6-11(2,3)14-4;/h10,13-15H,6-9H2,1-5H3,(H,18,19);7-10,13H,5-6H2,1-4H3;1H4/t10-,13?,14+,15-;7-,8?,9+,10-;/m11./s1. The molecule has 4 radical (unpaired) electrons. The van der Waals surface area contributed by atoms with E-state index in [2.05, 4.69) is 5.32 Å². The Labute approximate surface area is 249 Å². The second kappa shape index (κ2) is 18.5. The summed E-state index contributed by atoms with van der Waals surface area (Å²) in [5.74, 6) is -0.688. The van der Waals surface area contributed by atoms with Crippen molar-refractivity contribution < 1.29 is 47.9 Å². The third-order valence-corrected chi connectivity index (χ3v) is 6.98. The quantitative estimate of drug-likeness (QED) is 0.229. The van der Waals surface area contributed by atoms with Crippen LogP contribution in [0.2, 0.25) is 0 Å². The first kappa shape index (κ1) is 39.8. The molecule has 2 aliphatic rings. The number of esters is 1. The van der Waals surface area contributed by atoms with Crippen LogP contribution in [0, 0.1) is 0 Å². The Kier molecular flexibility index (Phi) is 17.9. The summed E-state index contributed by atoms with van der Waals surface area (Å²) in [5, 5.41) is 12.4. The van der Waals surface area contributed by atoms with Gasteiger partial charge < -0.3 is 43.6 Å². The van der Waals surface area contributed by atoms with E-state index < -0.39 is 48.0 Å². The third-order valence-electron chi connectivity index (χ3n) is 6.98. The van der Waals surface area contributed by atoms with Crippen molar-refractivity contribution in [2.75, 3.05) is 34.5 Å². The first-order valence-electron chi connectivity index (χ1n) is 13.9. The average molecular weight is 585 g/mol. The minimum absolute atomic E-state index is 0. The van der Waals surface area contributed by atoms with Gasteiger partial charge in [0.25, 0.3) is 0 Å². The summed E-state index contributed by atoms with van der Waals surface area (Å²) >= 11 is 0. The molecule has 2 heterocycles. The molecule has 2 aliphatic heterocycles. The van der Waals surface area contributed by atoms with Crippen LogP contribution < -0.4 is 5.32 Å². The van der Waals surface area contributed by atoms with Crippen LogP contribution >= 0.6 is 0 Å². The number of ether oxygens (including phenoxy) is 7. The molecule has 41 heavy (non-hydrogen) atoms. The van der Waals surface area contributed by atoms with Gasteiger partial charge in [0.2, 0.25) is 5.91 Å². The second-order valence-corrected chi connectivity index (χ2v) is 11.2.